The minimum absolute atomic E-state index is 0.0498. The van der Waals surface area contributed by atoms with Gasteiger partial charge in [-0.15, -0.1) is 11.3 Å². The van der Waals surface area contributed by atoms with E-state index >= 15 is 0 Å². The first kappa shape index (κ1) is 25.0. The van der Waals surface area contributed by atoms with E-state index < -0.39 is 53.2 Å². The second-order valence-electron chi connectivity index (χ2n) is 6.95. The molecule has 0 aliphatic rings. The van der Waals surface area contributed by atoms with Crippen molar-refractivity contribution in [2.24, 2.45) is 5.92 Å². The molecule has 1 heterocycles. The molecule has 31 heavy (non-hydrogen) atoms. The number of rotatable bonds is 9. The van der Waals surface area contributed by atoms with Gasteiger partial charge in [-0.1, -0.05) is 13.8 Å². The predicted octanol–water partition coefficient (Wildman–Crippen LogP) is 4.15. The summed E-state index contributed by atoms with van der Waals surface area (Å²) in [5.74, 6) is -13.2. The Morgan fingerprint density at radius 3 is 2.16 bits per heavy atom. The third kappa shape index (κ3) is 5.69. The van der Waals surface area contributed by atoms with Gasteiger partial charge in [0.2, 0.25) is 41.1 Å². The minimum atomic E-state index is -2.35. The van der Waals surface area contributed by atoms with Crippen molar-refractivity contribution >= 4 is 17.3 Å². The molecule has 172 valence electrons. The summed E-state index contributed by atoms with van der Waals surface area (Å²) in [6.07, 6.45) is -2.59. The van der Waals surface area contributed by atoms with Crippen molar-refractivity contribution < 1.29 is 41.3 Å². The lowest BCUT2D eigenvalue weighted by Gasteiger charge is -2.24. The van der Waals surface area contributed by atoms with Gasteiger partial charge in [0.25, 0.3) is 0 Å². The quantitative estimate of drug-likeness (QED) is 0.189. The molecule has 6 nitrogen and oxygen atoms in total. The highest BCUT2D eigenvalue weighted by atomic mass is 32.1. The lowest BCUT2D eigenvalue weighted by molar-refractivity contribution is -0.147. The second-order valence-corrected chi connectivity index (χ2v) is 7.84. The Hall–Kier alpha value is -2.31. The standard InChI is InChI=1S/C19H21F5N2O4S/c1-7(2)9(25-4)5-11(29-8(3)27)18-26-10(6-31-18)19(28)30-17-15(23)13(21)12(20)14(22)16(17)24/h6-7,9,11,19,25,28H,5H2,1-4H3/t9-,11-,19?/m1/s1. The molecule has 3 atom stereocenters. The van der Waals surface area contributed by atoms with E-state index in [2.05, 4.69) is 15.0 Å². The number of aliphatic hydroxyl groups excluding tert-OH is 1. The van der Waals surface area contributed by atoms with Gasteiger partial charge in [-0.05, 0) is 13.0 Å². The summed E-state index contributed by atoms with van der Waals surface area (Å²) in [5, 5.41) is 14.7. The molecule has 2 N–H and O–H groups in total. The first-order valence-electron chi connectivity index (χ1n) is 9.13. The molecule has 0 fully saturated rings. The number of aromatic nitrogens is 1. The monoisotopic (exact) mass is 468 g/mol. The number of nitrogens with zero attached hydrogens (tertiary/aromatic N) is 1. The molecular formula is C19H21F5N2O4S. The molecule has 2 rings (SSSR count). The summed E-state index contributed by atoms with van der Waals surface area (Å²) in [6, 6.07) is -0.0498. The number of ether oxygens (including phenoxy) is 2. The van der Waals surface area contributed by atoms with E-state index in [1.54, 1.807) is 7.05 Å². The summed E-state index contributed by atoms with van der Waals surface area (Å²) in [6.45, 7) is 5.13. The van der Waals surface area contributed by atoms with Crippen molar-refractivity contribution in [2.75, 3.05) is 7.05 Å². The normalized spacial score (nSPS) is 14.4. The molecule has 0 aliphatic heterocycles. The third-order valence-corrected chi connectivity index (χ3v) is 5.37. The number of aliphatic hydroxyl groups is 1. The number of carbonyl (C=O) groups is 1. The van der Waals surface area contributed by atoms with Crippen molar-refractivity contribution in [3.05, 3.63) is 45.2 Å². The number of halogens is 5. The molecule has 0 radical (unpaired) electrons. The van der Waals surface area contributed by atoms with Crippen LogP contribution < -0.4 is 10.1 Å². The maximum atomic E-state index is 13.8. The molecule has 0 bridgehead atoms. The Morgan fingerprint density at radius 1 is 1.13 bits per heavy atom. The van der Waals surface area contributed by atoms with E-state index in [-0.39, 0.29) is 22.7 Å². The number of nitrogens with one attached hydrogen (secondary N) is 1. The van der Waals surface area contributed by atoms with Gasteiger partial charge in [0.05, 0.1) is 0 Å². The topological polar surface area (TPSA) is 80.7 Å². The van der Waals surface area contributed by atoms with Crippen LogP contribution >= 0.6 is 11.3 Å². The highest BCUT2D eigenvalue weighted by Gasteiger charge is 2.30. The number of thiazole rings is 1. The fraction of sp³-hybridized carbons (Fsp3) is 0.474. The lowest BCUT2D eigenvalue weighted by Crippen LogP contribution is -2.33. The summed E-state index contributed by atoms with van der Waals surface area (Å²) in [7, 11) is 1.74. The van der Waals surface area contributed by atoms with Gasteiger partial charge >= 0.3 is 5.97 Å². The van der Waals surface area contributed by atoms with Crippen LogP contribution in [0.4, 0.5) is 22.0 Å². The van der Waals surface area contributed by atoms with Crippen molar-refractivity contribution in [1.82, 2.24) is 10.3 Å². The van der Waals surface area contributed by atoms with Gasteiger partial charge < -0.3 is 19.9 Å². The summed E-state index contributed by atoms with van der Waals surface area (Å²) >= 11 is 0.968. The minimum Gasteiger partial charge on any atom is -0.455 e. The zero-order chi connectivity index (χ0) is 23.5. The van der Waals surface area contributed by atoms with Crippen LogP contribution in [-0.2, 0) is 9.53 Å². The van der Waals surface area contributed by atoms with Crippen LogP contribution in [0.15, 0.2) is 5.38 Å². The number of carbonyl (C=O) groups excluding carboxylic acids is 1. The van der Waals surface area contributed by atoms with Crippen LogP contribution in [0.2, 0.25) is 0 Å². The average molecular weight is 468 g/mol. The van der Waals surface area contributed by atoms with E-state index in [9.17, 15) is 31.9 Å². The van der Waals surface area contributed by atoms with Gasteiger partial charge in [0, 0.05) is 24.8 Å². The highest BCUT2D eigenvalue weighted by Crippen LogP contribution is 2.34. The number of esters is 1. The lowest BCUT2D eigenvalue weighted by atomic mass is 9.98. The molecule has 0 spiro atoms. The van der Waals surface area contributed by atoms with Crippen molar-refractivity contribution in [2.45, 2.75) is 45.6 Å². The first-order valence-corrected chi connectivity index (χ1v) is 10.0. The Morgan fingerprint density at radius 2 is 1.68 bits per heavy atom. The van der Waals surface area contributed by atoms with Gasteiger partial charge in [-0.25, -0.2) is 18.2 Å². The summed E-state index contributed by atoms with van der Waals surface area (Å²) in [4.78, 5) is 15.6. The van der Waals surface area contributed by atoms with Crippen LogP contribution in [0.1, 0.15) is 50.3 Å². The largest absolute Gasteiger partial charge is 0.455 e. The van der Waals surface area contributed by atoms with Crippen LogP contribution in [0, 0.1) is 35.0 Å². The molecule has 1 aromatic carbocycles. The van der Waals surface area contributed by atoms with E-state index in [0.717, 1.165) is 11.3 Å². The Kier molecular flexibility index (Phi) is 8.32. The molecule has 0 saturated heterocycles. The zero-order valence-corrected chi connectivity index (χ0v) is 17.8. The Labute approximate surface area is 179 Å². The Bertz CT molecular complexity index is 911. The second kappa shape index (κ2) is 10.3. The fourth-order valence-electron chi connectivity index (χ4n) is 2.78. The SMILES string of the molecule is CN[C@H](C[C@@H](OC(C)=O)c1nc(C(O)Oc2c(F)c(F)c(F)c(F)c2F)cs1)C(C)C. The van der Waals surface area contributed by atoms with Crippen LogP contribution in [0.5, 0.6) is 5.75 Å². The van der Waals surface area contributed by atoms with E-state index in [1.807, 2.05) is 13.8 Å². The molecule has 2 aromatic rings. The van der Waals surface area contributed by atoms with Crippen LogP contribution in [-0.4, -0.2) is 29.1 Å². The van der Waals surface area contributed by atoms with Crippen molar-refractivity contribution in [3.8, 4) is 5.75 Å². The van der Waals surface area contributed by atoms with E-state index in [1.165, 1.54) is 12.3 Å². The number of hydrogen-bond acceptors (Lipinski definition) is 7. The van der Waals surface area contributed by atoms with Gasteiger partial charge in [0.15, 0.2) is 6.10 Å². The van der Waals surface area contributed by atoms with Gasteiger partial charge in [-0.3, -0.25) is 4.79 Å². The van der Waals surface area contributed by atoms with Gasteiger partial charge in [-0.2, -0.15) is 8.78 Å². The number of hydrogen-bond donors (Lipinski definition) is 2. The molecule has 0 saturated carbocycles. The summed E-state index contributed by atoms with van der Waals surface area (Å²) < 4.78 is 77.2. The van der Waals surface area contributed by atoms with E-state index in [4.69, 9.17) is 4.74 Å². The molecule has 1 aromatic heterocycles. The first-order chi connectivity index (χ1) is 14.5. The molecular weight excluding hydrogens is 447 g/mol. The molecule has 0 aliphatic carbocycles. The third-order valence-electron chi connectivity index (χ3n) is 4.42. The summed E-state index contributed by atoms with van der Waals surface area (Å²) in [5.41, 5.74) is -0.258. The number of benzene rings is 1. The fourth-order valence-corrected chi connectivity index (χ4v) is 3.64. The van der Waals surface area contributed by atoms with Crippen LogP contribution in [0.3, 0.4) is 0 Å². The maximum Gasteiger partial charge on any atom is 0.303 e. The average Bonchev–Trinajstić information content (AvgIpc) is 3.21. The predicted molar refractivity (Wildman–Crippen MR) is 101 cm³/mol. The van der Waals surface area contributed by atoms with E-state index in [0.29, 0.717) is 6.42 Å². The zero-order valence-electron chi connectivity index (χ0n) is 17.0. The molecule has 1 unspecified atom stereocenters. The smallest absolute Gasteiger partial charge is 0.303 e. The van der Waals surface area contributed by atoms with Crippen molar-refractivity contribution in [1.29, 1.82) is 0 Å². The van der Waals surface area contributed by atoms with Gasteiger partial charge in [0.1, 0.15) is 10.7 Å². The molecule has 12 heteroatoms. The maximum absolute atomic E-state index is 13.8. The van der Waals surface area contributed by atoms with Crippen molar-refractivity contribution in [3.63, 3.8) is 0 Å². The van der Waals surface area contributed by atoms with Crippen LogP contribution in [0.25, 0.3) is 0 Å². The molecule has 0 amide bonds. The highest BCUT2D eigenvalue weighted by molar-refractivity contribution is 7.09. The Balaban J connectivity index is 2.28.